The number of hydrogen-bond donors (Lipinski definition) is 1. The van der Waals surface area contributed by atoms with E-state index in [1.54, 1.807) is 18.0 Å². The Balaban J connectivity index is 2.15. The lowest BCUT2D eigenvalue weighted by molar-refractivity contribution is 0.911. The second-order valence-corrected chi connectivity index (χ2v) is 3.82. The molecule has 0 saturated carbocycles. The number of aromatic nitrogens is 3. The molecule has 66 valence electrons. The fraction of sp³-hybridized carbons (Fsp3) is 0.111. The first-order valence-corrected chi connectivity index (χ1v) is 4.76. The van der Waals surface area contributed by atoms with Gasteiger partial charge in [0.15, 0.2) is 0 Å². The van der Waals surface area contributed by atoms with Crippen LogP contribution in [0.15, 0.2) is 40.4 Å². The minimum absolute atomic E-state index is 0.892. The molecule has 0 saturated heterocycles. The fourth-order valence-electron chi connectivity index (χ4n) is 0.967. The third-order valence-corrected chi connectivity index (χ3v) is 2.55. The first-order valence-electron chi connectivity index (χ1n) is 3.95. The summed E-state index contributed by atoms with van der Waals surface area (Å²) in [7, 11) is 0. The number of benzene rings is 1. The third kappa shape index (κ3) is 2.09. The number of hydrogen-bond acceptors (Lipinski definition) is 3. The predicted octanol–water partition coefficient (Wildman–Crippen LogP) is 2.26. The molecule has 0 aliphatic carbocycles. The van der Waals surface area contributed by atoms with Crippen LogP contribution in [0.5, 0.6) is 0 Å². The van der Waals surface area contributed by atoms with Crippen molar-refractivity contribution in [3.8, 4) is 0 Å². The van der Waals surface area contributed by atoms with Crippen molar-refractivity contribution in [1.29, 1.82) is 0 Å². The number of aromatic amines is 1. The van der Waals surface area contributed by atoms with Gasteiger partial charge < -0.3 is 0 Å². The summed E-state index contributed by atoms with van der Waals surface area (Å²) in [6.07, 6.45) is 1.71. The molecule has 2 aromatic rings. The Morgan fingerprint density at radius 1 is 1.23 bits per heavy atom. The molecule has 13 heavy (non-hydrogen) atoms. The van der Waals surface area contributed by atoms with Crippen LogP contribution in [0.3, 0.4) is 0 Å². The Kier molecular flexibility index (Phi) is 2.31. The standard InChI is InChI=1S/C9H9N3S/c1-7-2-4-8(5-3-7)13-9-6-10-12-11-9/h2-6H,1H3,(H,10,11,12). The molecule has 1 heterocycles. The average molecular weight is 191 g/mol. The normalized spacial score (nSPS) is 10.2. The highest BCUT2D eigenvalue weighted by Crippen LogP contribution is 2.24. The molecular formula is C9H9N3S. The van der Waals surface area contributed by atoms with Crippen LogP contribution in [0.4, 0.5) is 0 Å². The Morgan fingerprint density at radius 2 is 2.00 bits per heavy atom. The number of rotatable bonds is 2. The van der Waals surface area contributed by atoms with Gasteiger partial charge in [-0.05, 0) is 19.1 Å². The monoisotopic (exact) mass is 191 g/mol. The molecule has 0 atom stereocenters. The van der Waals surface area contributed by atoms with Crippen LogP contribution >= 0.6 is 11.8 Å². The highest BCUT2D eigenvalue weighted by atomic mass is 32.2. The minimum Gasteiger partial charge on any atom is -0.197 e. The summed E-state index contributed by atoms with van der Waals surface area (Å²) in [4.78, 5) is 1.18. The van der Waals surface area contributed by atoms with Crippen molar-refractivity contribution in [1.82, 2.24) is 15.4 Å². The van der Waals surface area contributed by atoms with Crippen LogP contribution in [0.2, 0.25) is 0 Å². The first kappa shape index (κ1) is 8.31. The Bertz CT molecular complexity index is 366. The molecule has 2 rings (SSSR count). The fourth-order valence-corrected chi connectivity index (χ4v) is 1.67. The van der Waals surface area contributed by atoms with Gasteiger partial charge in [0.1, 0.15) is 5.03 Å². The molecule has 3 nitrogen and oxygen atoms in total. The van der Waals surface area contributed by atoms with Crippen LogP contribution in [0, 0.1) is 6.92 Å². The van der Waals surface area contributed by atoms with E-state index >= 15 is 0 Å². The first-order chi connectivity index (χ1) is 6.34. The maximum Gasteiger partial charge on any atom is 0.143 e. The van der Waals surface area contributed by atoms with Crippen molar-refractivity contribution in [2.24, 2.45) is 0 Å². The predicted molar refractivity (Wildman–Crippen MR) is 51.7 cm³/mol. The molecule has 0 fully saturated rings. The number of nitrogens with zero attached hydrogens (tertiary/aromatic N) is 2. The third-order valence-electron chi connectivity index (χ3n) is 1.64. The quantitative estimate of drug-likeness (QED) is 0.791. The van der Waals surface area contributed by atoms with E-state index in [2.05, 4.69) is 46.6 Å². The van der Waals surface area contributed by atoms with Crippen molar-refractivity contribution >= 4 is 11.8 Å². The number of nitrogens with one attached hydrogen (secondary N) is 1. The summed E-state index contributed by atoms with van der Waals surface area (Å²) >= 11 is 1.60. The van der Waals surface area contributed by atoms with Crippen molar-refractivity contribution in [2.75, 3.05) is 0 Å². The Hall–Kier alpha value is -1.29. The molecule has 0 bridgehead atoms. The number of H-pyrrole nitrogens is 1. The van der Waals surface area contributed by atoms with Crippen molar-refractivity contribution in [3.05, 3.63) is 36.0 Å². The van der Waals surface area contributed by atoms with E-state index in [0.717, 1.165) is 5.03 Å². The van der Waals surface area contributed by atoms with E-state index < -0.39 is 0 Å². The molecule has 0 aliphatic rings. The van der Waals surface area contributed by atoms with Gasteiger partial charge >= 0.3 is 0 Å². The van der Waals surface area contributed by atoms with E-state index in [1.807, 2.05) is 0 Å². The molecule has 4 heteroatoms. The molecule has 0 radical (unpaired) electrons. The smallest absolute Gasteiger partial charge is 0.143 e. The Labute approximate surface area is 80.6 Å². The zero-order chi connectivity index (χ0) is 9.10. The maximum atomic E-state index is 3.96. The second-order valence-electron chi connectivity index (χ2n) is 2.72. The highest BCUT2D eigenvalue weighted by Gasteiger charge is 1.98. The van der Waals surface area contributed by atoms with Gasteiger partial charge in [-0.3, -0.25) is 0 Å². The maximum absolute atomic E-state index is 3.96. The van der Waals surface area contributed by atoms with E-state index in [-0.39, 0.29) is 0 Å². The minimum atomic E-state index is 0.892. The molecule has 1 aromatic carbocycles. The lowest BCUT2D eigenvalue weighted by atomic mass is 10.2. The largest absolute Gasteiger partial charge is 0.197 e. The van der Waals surface area contributed by atoms with Crippen LogP contribution in [0.1, 0.15) is 5.56 Å². The highest BCUT2D eigenvalue weighted by molar-refractivity contribution is 7.99. The second kappa shape index (κ2) is 3.62. The molecular weight excluding hydrogens is 182 g/mol. The summed E-state index contributed by atoms with van der Waals surface area (Å²) in [5, 5.41) is 11.2. The van der Waals surface area contributed by atoms with E-state index in [1.165, 1.54) is 10.5 Å². The Morgan fingerprint density at radius 3 is 2.62 bits per heavy atom. The lowest BCUT2D eigenvalue weighted by Crippen LogP contribution is -1.75. The molecule has 1 aromatic heterocycles. The molecule has 1 N–H and O–H groups in total. The SMILES string of the molecule is Cc1ccc(Sc2cn[nH]n2)cc1. The molecule has 0 aliphatic heterocycles. The van der Waals surface area contributed by atoms with Crippen LogP contribution < -0.4 is 0 Å². The van der Waals surface area contributed by atoms with Gasteiger partial charge in [0, 0.05) is 4.90 Å². The molecule has 0 amide bonds. The van der Waals surface area contributed by atoms with Crippen LogP contribution in [0.25, 0.3) is 0 Å². The van der Waals surface area contributed by atoms with Gasteiger partial charge in [-0.2, -0.15) is 10.3 Å². The van der Waals surface area contributed by atoms with Crippen molar-refractivity contribution < 1.29 is 0 Å². The van der Waals surface area contributed by atoms with Crippen molar-refractivity contribution in [3.63, 3.8) is 0 Å². The molecule has 0 spiro atoms. The average Bonchev–Trinajstić information content (AvgIpc) is 2.62. The molecule has 0 unspecified atom stereocenters. The van der Waals surface area contributed by atoms with Gasteiger partial charge in [0.2, 0.25) is 0 Å². The van der Waals surface area contributed by atoms with Gasteiger partial charge in [-0.1, -0.05) is 29.5 Å². The van der Waals surface area contributed by atoms with Gasteiger partial charge in [-0.15, -0.1) is 5.10 Å². The summed E-state index contributed by atoms with van der Waals surface area (Å²) in [6.45, 7) is 2.07. The van der Waals surface area contributed by atoms with E-state index in [4.69, 9.17) is 0 Å². The summed E-state index contributed by atoms with van der Waals surface area (Å²) in [6, 6.07) is 8.33. The van der Waals surface area contributed by atoms with Crippen molar-refractivity contribution in [2.45, 2.75) is 16.8 Å². The van der Waals surface area contributed by atoms with Gasteiger partial charge in [-0.25, -0.2) is 0 Å². The van der Waals surface area contributed by atoms with E-state index in [0.29, 0.717) is 0 Å². The summed E-state index contributed by atoms with van der Waals surface area (Å²) < 4.78 is 0. The van der Waals surface area contributed by atoms with E-state index in [9.17, 15) is 0 Å². The zero-order valence-electron chi connectivity index (χ0n) is 7.19. The number of aryl methyl sites for hydroxylation is 1. The van der Waals surface area contributed by atoms with Gasteiger partial charge in [0.05, 0.1) is 6.20 Å². The zero-order valence-corrected chi connectivity index (χ0v) is 8.01. The van der Waals surface area contributed by atoms with Gasteiger partial charge in [0.25, 0.3) is 0 Å². The van der Waals surface area contributed by atoms with Crippen LogP contribution in [-0.2, 0) is 0 Å². The lowest BCUT2D eigenvalue weighted by Gasteiger charge is -1.96. The summed E-state index contributed by atoms with van der Waals surface area (Å²) in [5.74, 6) is 0. The summed E-state index contributed by atoms with van der Waals surface area (Å²) in [5.41, 5.74) is 1.27. The van der Waals surface area contributed by atoms with Crippen LogP contribution in [-0.4, -0.2) is 15.4 Å². The topological polar surface area (TPSA) is 41.6 Å².